The van der Waals surface area contributed by atoms with Crippen LogP contribution in [0.5, 0.6) is 0 Å². The van der Waals surface area contributed by atoms with Crippen molar-refractivity contribution in [2.45, 2.75) is 13.5 Å². The van der Waals surface area contributed by atoms with Crippen molar-refractivity contribution in [3.05, 3.63) is 57.3 Å². The SMILES string of the molecule is Cc1ccc(CNc2cc(Br)cnc2Cl)cc1. The smallest absolute Gasteiger partial charge is 0.152 e. The lowest BCUT2D eigenvalue weighted by Gasteiger charge is -2.08. The maximum Gasteiger partial charge on any atom is 0.152 e. The fraction of sp³-hybridized carbons (Fsp3) is 0.154. The van der Waals surface area contributed by atoms with Crippen molar-refractivity contribution in [2.75, 3.05) is 5.32 Å². The highest BCUT2D eigenvalue weighted by atomic mass is 79.9. The Hall–Kier alpha value is -1.06. The summed E-state index contributed by atoms with van der Waals surface area (Å²) in [5.41, 5.74) is 3.31. The standard InChI is InChI=1S/C13H12BrClN2/c1-9-2-4-10(5-3-9)7-16-12-6-11(14)8-17-13(12)15/h2-6,8,16H,7H2,1H3. The lowest BCUT2D eigenvalue weighted by atomic mass is 10.1. The molecule has 4 heteroatoms. The van der Waals surface area contributed by atoms with E-state index in [0.717, 1.165) is 16.7 Å². The number of aryl methyl sites for hydroxylation is 1. The molecule has 88 valence electrons. The number of benzene rings is 1. The highest BCUT2D eigenvalue weighted by Crippen LogP contribution is 2.23. The van der Waals surface area contributed by atoms with Gasteiger partial charge in [-0.3, -0.25) is 0 Å². The zero-order valence-corrected chi connectivity index (χ0v) is 11.7. The molecule has 1 heterocycles. The number of anilines is 1. The number of aromatic nitrogens is 1. The Morgan fingerprint density at radius 3 is 2.71 bits per heavy atom. The number of hydrogen-bond acceptors (Lipinski definition) is 2. The monoisotopic (exact) mass is 310 g/mol. The topological polar surface area (TPSA) is 24.9 Å². The minimum atomic E-state index is 0.486. The van der Waals surface area contributed by atoms with E-state index in [1.807, 2.05) is 6.07 Å². The van der Waals surface area contributed by atoms with Gasteiger partial charge in [0, 0.05) is 17.2 Å². The molecule has 2 aromatic rings. The number of nitrogens with zero attached hydrogens (tertiary/aromatic N) is 1. The molecule has 2 rings (SSSR count). The number of nitrogens with one attached hydrogen (secondary N) is 1. The number of hydrogen-bond donors (Lipinski definition) is 1. The Balaban J connectivity index is 2.07. The van der Waals surface area contributed by atoms with Crippen LogP contribution < -0.4 is 5.32 Å². The summed E-state index contributed by atoms with van der Waals surface area (Å²) >= 11 is 9.36. The zero-order chi connectivity index (χ0) is 12.3. The maximum absolute atomic E-state index is 5.99. The highest BCUT2D eigenvalue weighted by molar-refractivity contribution is 9.10. The molecule has 0 saturated heterocycles. The summed E-state index contributed by atoms with van der Waals surface area (Å²) in [5.74, 6) is 0. The first-order chi connectivity index (χ1) is 8.15. The van der Waals surface area contributed by atoms with E-state index in [1.54, 1.807) is 6.20 Å². The summed E-state index contributed by atoms with van der Waals surface area (Å²) in [7, 11) is 0. The molecular formula is C13H12BrClN2. The minimum absolute atomic E-state index is 0.486. The van der Waals surface area contributed by atoms with Crippen molar-refractivity contribution in [2.24, 2.45) is 0 Å². The molecule has 0 saturated carbocycles. The van der Waals surface area contributed by atoms with Crippen LogP contribution in [0.15, 0.2) is 41.0 Å². The molecule has 0 spiro atoms. The van der Waals surface area contributed by atoms with E-state index in [2.05, 4.69) is 57.4 Å². The summed E-state index contributed by atoms with van der Waals surface area (Å²) in [5, 5.41) is 3.75. The summed E-state index contributed by atoms with van der Waals surface area (Å²) in [6.45, 7) is 2.81. The van der Waals surface area contributed by atoms with Gasteiger partial charge in [-0.05, 0) is 34.5 Å². The van der Waals surface area contributed by atoms with E-state index in [1.165, 1.54) is 11.1 Å². The van der Waals surface area contributed by atoms with Gasteiger partial charge in [0.15, 0.2) is 5.15 Å². The van der Waals surface area contributed by atoms with Gasteiger partial charge in [-0.15, -0.1) is 0 Å². The van der Waals surface area contributed by atoms with Crippen LogP contribution in [-0.2, 0) is 6.54 Å². The summed E-state index contributed by atoms with van der Waals surface area (Å²) in [6, 6.07) is 10.3. The van der Waals surface area contributed by atoms with Gasteiger partial charge in [-0.2, -0.15) is 0 Å². The Labute approximate surface area is 114 Å². The third-order valence-electron chi connectivity index (χ3n) is 2.41. The largest absolute Gasteiger partial charge is 0.378 e. The molecular weight excluding hydrogens is 300 g/mol. The third-order valence-corrected chi connectivity index (χ3v) is 3.14. The molecule has 0 unspecified atom stereocenters. The van der Waals surface area contributed by atoms with E-state index in [9.17, 15) is 0 Å². The van der Waals surface area contributed by atoms with E-state index in [-0.39, 0.29) is 0 Å². The van der Waals surface area contributed by atoms with Crippen LogP contribution in [0.1, 0.15) is 11.1 Å². The lowest BCUT2D eigenvalue weighted by molar-refractivity contribution is 1.13. The number of pyridine rings is 1. The second kappa shape index (κ2) is 5.52. The first-order valence-electron chi connectivity index (χ1n) is 5.25. The predicted octanol–water partition coefficient (Wildman–Crippen LogP) is 4.42. The van der Waals surface area contributed by atoms with E-state index < -0.39 is 0 Å². The third kappa shape index (κ3) is 3.45. The van der Waals surface area contributed by atoms with Crippen LogP contribution >= 0.6 is 27.5 Å². The van der Waals surface area contributed by atoms with Crippen molar-refractivity contribution < 1.29 is 0 Å². The molecule has 0 bridgehead atoms. The van der Waals surface area contributed by atoms with E-state index >= 15 is 0 Å². The molecule has 0 fully saturated rings. The second-order valence-electron chi connectivity index (χ2n) is 3.83. The van der Waals surface area contributed by atoms with Crippen LogP contribution in [0.3, 0.4) is 0 Å². The molecule has 1 aromatic heterocycles. The molecule has 0 radical (unpaired) electrons. The molecule has 1 N–H and O–H groups in total. The van der Waals surface area contributed by atoms with Gasteiger partial charge in [-0.25, -0.2) is 4.98 Å². The summed E-state index contributed by atoms with van der Waals surface area (Å²) < 4.78 is 0.910. The fourth-order valence-electron chi connectivity index (χ4n) is 1.45. The second-order valence-corrected chi connectivity index (χ2v) is 5.10. The fourth-order valence-corrected chi connectivity index (χ4v) is 1.95. The van der Waals surface area contributed by atoms with Crippen LogP contribution in [-0.4, -0.2) is 4.98 Å². The Morgan fingerprint density at radius 1 is 1.29 bits per heavy atom. The van der Waals surface area contributed by atoms with Gasteiger partial charge in [0.2, 0.25) is 0 Å². The van der Waals surface area contributed by atoms with Gasteiger partial charge in [0.25, 0.3) is 0 Å². The maximum atomic E-state index is 5.99. The van der Waals surface area contributed by atoms with Gasteiger partial charge in [0.1, 0.15) is 0 Å². The molecule has 0 aliphatic rings. The molecule has 0 amide bonds. The first kappa shape index (κ1) is 12.4. The van der Waals surface area contributed by atoms with Gasteiger partial charge in [-0.1, -0.05) is 41.4 Å². The Bertz CT molecular complexity index is 511. The molecule has 0 aliphatic heterocycles. The molecule has 2 nitrogen and oxygen atoms in total. The number of halogens is 2. The minimum Gasteiger partial charge on any atom is -0.378 e. The molecule has 17 heavy (non-hydrogen) atoms. The molecule has 1 aromatic carbocycles. The highest BCUT2D eigenvalue weighted by Gasteiger charge is 2.02. The van der Waals surface area contributed by atoms with Crippen molar-refractivity contribution in [3.8, 4) is 0 Å². The first-order valence-corrected chi connectivity index (χ1v) is 6.43. The summed E-state index contributed by atoms with van der Waals surface area (Å²) in [6.07, 6.45) is 1.68. The predicted molar refractivity (Wildman–Crippen MR) is 75.5 cm³/mol. The quantitative estimate of drug-likeness (QED) is 0.849. The zero-order valence-electron chi connectivity index (χ0n) is 9.37. The van der Waals surface area contributed by atoms with Crippen molar-refractivity contribution in [3.63, 3.8) is 0 Å². The Morgan fingerprint density at radius 2 is 2.00 bits per heavy atom. The lowest BCUT2D eigenvalue weighted by Crippen LogP contribution is -2.00. The van der Waals surface area contributed by atoms with Crippen LogP contribution in [0.4, 0.5) is 5.69 Å². The number of rotatable bonds is 3. The van der Waals surface area contributed by atoms with Gasteiger partial charge < -0.3 is 5.32 Å². The normalized spacial score (nSPS) is 10.3. The summed E-state index contributed by atoms with van der Waals surface area (Å²) in [4.78, 5) is 4.06. The molecule has 0 atom stereocenters. The van der Waals surface area contributed by atoms with Crippen molar-refractivity contribution >= 4 is 33.2 Å². The van der Waals surface area contributed by atoms with Crippen molar-refractivity contribution in [1.29, 1.82) is 0 Å². The van der Waals surface area contributed by atoms with Crippen LogP contribution in [0.25, 0.3) is 0 Å². The van der Waals surface area contributed by atoms with Crippen LogP contribution in [0, 0.1) is 6.92 Å². The molecule has 0 aliphatic carbocycles. The van der Waals surface area contributed by atoms with Gasteiger partial charge in [0.05, 0.1) is 5.69 Å². The average molecular weight is 312 g/mol. The van der Waals surface area contributed by atoms with E-state index in [0.29, 0.717) is 5.15 Å². The average Bonchev–Trinajstić information content (AvgIpc) is 2.32. The van der Waals surface area contributed by atoms with Crippen LogP contribution in [0.2, 0.25) is 5.15 Å². The Kier molecular flexibility index (Phi) is 4.02. The van der Waals surface area contributed by atoms with Gasteiger partial charge >= 0.3 is 0 Å². The van der Waals surface area contributed by atoms with E-state index in [4.69, 9.17) is 11.6 Å². The van der Waals surface area contributed by atoms with Crippen molar-refractivity contribution in [1.82, 2.24) is 4.98 Å².